The van der Waals surface area contributed by atoms with Gasteiger partial charge in [0.1, 0.15) is 5.60 Å². The minimum atomic E-state index is -0.889. The molecular formula is C18H25BrN2O4. The zero-order valence-corrected chi connectivity index (χ0v) is 16.7. The first kappa shape index (κ1) is 19.7. The normalized spacial score (nSPS) is 16.1. The number of carbonyl (C=O) groups excluding carboxylic acids is 2. The molecule has 0 aromatic heterocycles. The molecule has 138 valence electrons. The van der Waals surface area contributed by atoms with E-state index in [1.54, 1.807) is 6.92 Å². The van der Waals surface area contributed by atoms with Gasteiger partial charge in [0, 0.05) is 11.0 Å². The lowest BCUT2D eigenvalue weighted by Crippen LogP contribution is -2.74. The van der Waals surface area contributed by atoms with Crippen molar-refractivity contribution in [2.45, 2.75) is 45.4 Å². The molecule has 1 aliphatic rings. The van der Waals surface area contributed by atoms with Gasteiger partial charge >= 0.3 is 12.1 Å². The van der Waals surface area contributed by atoms with E-state index in [0.717, 1.165) is 10.0 Å². The molecule has 25 heavy (non-hydrogen) atoms. The quantitative estimate of drug-likeness (QED) is 0.752. The molecule has 0 radical (unpaired) electrons. The van der Waals surface area contributed by atoms with Crippen LogP contribution in [0.4, 0.5) is 4.79 Å². The summed E-state index contributed by atoms with van der Waals surface area (Å²) in [5.74, 6) is -0.341. The van der Waals surface area contributed by atoms with E-state index < -0.39 is 17.2 Å². The van der Waals surface area contributed by atoms with Crippen LogP contribution < -0.4 is 5.32 Å². The van der Waals surface area contributed by atoms with Gasteiger partial charge in [0.25, 0.3) is 0 Å². The molecule has 0 bridgehead atoms. The van der Waals surface area contributed by atoms with Crippen molar-refractivity contribution in [3.63, 3.8) is 0 Å². The van der Waals surface area contributed by atoms with Crippen molar-refractivity contribution in [3.05, 3.63) is 34.3 Å². The topological polar surface area (TPSA) is 67.9 Å². The number of carbonyl (C=O) groups is 2. The lowest BCUT2D eigenvalue weighted by molar-refractivity contribution is -0.158. The number of benzene rings is 1. The Morgan fingerprint density at radius 1 is 1.24 bits per heavy atom. The van der Waals surface area contributed by atoms with Crippen LogP contribution in [0.25, 0.3) is 0 Å². The molecule has 0 saturated carbocycles. The Kier molecular flexibility index (Phi) is 6.11. The van der Waals surface area contributed by atoms with Crippen molar-refractivity contribution in [2.75, 3.05) is 19.7 Å². The Bertz CT molecular complexity index is 619. The maximum Gasteiger partial charge on any atom is 0.410 e. The predicted molar refractivity (Wildman–Crippen MR) is 98.2 cm³/mol. The number of amides is 1. The molecule has 1 aromatic rings. The molecule has 0 aliphatic carbocycles. The molecule has 1 amide bonds. The summed E-state index contributed by atoms with van der Waals surface area (Å²) < 4.78 is 11.5. The van der Waals surface area contributed by atoms with Gasteiger partial charge in [0.05, 0.1) is 19.7 Å². The Morgan fingerprint density at radius 2 is 1.84 bits per heavy atom. The maximum absolute atomic E-state index is 12.4. The molecule has 1 aromatic carbocycles. The van der Waals surface area contributed by atoms with Crippen LogP contribution in [0.15, 0.2) is 28.7 Å². The van der Waals surface area contributed by atoms with E-state index in [1.165, 1.54) is 4.90 Å². The highest BCUT2D eigenvalue weighted by Crippen LogP contribution is 2.26. The number of rotatable bonds is 5. The van der Waals surface area contributed by atoms with Crippen LogP contribution >= 0.6 is 15.9 Å². The minimum absolute atomic E-state index is 0.233. The van der Waals surface area contributed by atoms with E-state index in [0.29, 0.717) is 13.2 Å². The zero-order chi connectivity index (χ0) is 18.7. The summed E-state index contributed by atoms with van der Waals surface area (Å²) in [6, 6.07) is 7.84. The first-order valence-electron chi connectivity index (χ1n) is 8.30. The number of esters is 1. The number of nitrogens with zero attached hydrogens (tertiary/aromatic N) is 1. The van der Waals surface area contributed by atoms with Crippen LogP contribution in [-0.2, 0) is 20.8 Å². The Hall–Kier alpha value is -1.60. The third-order valence-electron chi connectivity index (χ3n) is 3.78. The Morgan fingerprint density at radius 3 is 2.36 bits per heavy atom. The highest BCUT2D eigenvalue weighted by molar-refractivity contribution is 9.10. The molecule has 1 N–H and O–H groups in total. The van der Waals surface area contributed by atoms with Gasteiger partial charge in [-0.3, -0.25) is 5.32 Å². The lowest BCUT2D eigenvalue weighted by atomic mass is 9.89. The van der Waals surface area contributed by atoms with Gasteiger partial charge in [0.2, 0.25) is 0 Å². The molecule has 0 unspecified atom stereocenters. The number of nitrogens with one attached hydrogen (secondary N) is 1. The predicted octanol–water partition coefficient (Wildman–Crippen LogP) is 3.09. The third-order valence-corrected chi connectivity index (χ3v) is 4.31. The molecule has 1 saturated heterocycles. The smallest absolute Gasteiger partial charge is 0.410 e. The van der Waals surface area contributed by atoms with E-state index in [1.807, 2.05) is 45.0 Å². The fourth-order valence-electron chi connectivity index (χ4n) is 2.52. The number of hydrogen-bond acceptors (Lipinski definition) is 5. The van der Waals surface area contributed by atoms with Gasteiger partial charge < -0.3 is 14.4 Å². The Labute approximate surface area is 157 Å². The van der Waals surface area contributed by atoms with Crippen molar-refractivity contribution in [1.82, 2.24) is 10.2 Å². The van der Waals surface area contributed by atoms with Gasteiger partial charge in [-0.05, 0) is 45.4 Å². The van der Waals surface area contributed by atoms with Crippen LogP contribution in [-0.4, -0.2) is 47.8 Å². The van der Waals surface area contributed by atoms with Crippen LogP contribution in [0.3, 0.4) is 0 Å². The average molecular weight is 413 g/mol. The molecule has 6 nitrogen and oxygen atoms in total. The fourth-order valence-corrected chi connectivity index (χ4v) is 2.78. The largest absolute Gasteiger partial charge is 0.465 e. The van der Waals surface area contributed by atoms with Gasteiger partial charge in [0.15, 0.2) is 5.54 Å². The van der Waals surface area contributed by atoms with Gasteiger partial charge in [-0.2, -0.15) is 0 Å². The lowest BCUT2D eigenvalue weighted by Gasteiger charge is -2.48. The number of likely N-dealkylation sites (tertiary alicyclic amines) is 1. The van der Waals surface area contributed by atoms with Crippen molar-refractivity contribution >= 4 is 28.0 Å². The van der Waals surface area contributed by atoms with E-state index in [4.69, 9.17) is 9.47 Å². The van der Waals surface area contributed by atoms with Crippen LogP contribution in [0.1, 0.15) is 33.3 Å². The van der Waals surface area contributed by atoms with E-state index in [9.17, 15) is 9.59 Å². The first-order valence-corrected chi connectivity index (χ1v) is 9.09. The van der Waals surface area contributed by atoms with Crippen LogP contribution in [0.5, 0.6) is 0 Å². The summed E-state index contributed by atoms with van der Waals surface area (Å²) in [5, 5.41) is 3.26. The summed E-state index contributed by atoms with van der Waals surface area (Å²) >= 11 is 3.40. The first-order chi connectivity index (χ1) is 11.6. The Balaban J connectivity index is 2.01. The third kappa shape index (κ3) is 5.19. The van der Waals surface area contributed by atoms with Gasteiger partial charge in [-0.15, -0.1) is 0 Å². The molecule has 7 heteroatoms. The number of halogens is 1. The van der Waals surface area contributed by atoms with Crippen molar-refractivity contribution in [1.29, 1.82) is 0 Å². The van der Waals surface area contributed by atoms with Crippen LogP contribution in [0, 0.1) is 0 Å². The summed E-state index contributed by atoms with van der Waals surface area (Å²) in [6.07, 6.45) is -0.419. The maximum atomic E-state index is 12.4. The number of hydrogen-bond donors (Lipinski definition) is 1. The van der Waals surface area contributed by atoms with Gasteiger partial charge in [-0.25, -0.2) is 9.59 Å². The summed E-state index contributed by atoms with van der Waals surface area (Å²) in [7, 11) is 0. The second-order valence-electron chi connectivity index (χ2n) is 7.12. The zero-order valence-electron chi connectivity index (χ0n) is 15.1. The van der Waals surface area contributed by atoms with E-state index in [2.05, 4.69) is 21.2 Å². The van der Waals surface area contributed by atoms with Crippen molar-refractivity contribution in [2.24, 2.45) is 0 Å². The van der Waals surface area contributed by atoms with E-state index in [-0.39, 0.29) is 19.1 Å². The molecule has 1 aliphatic heterocycles. The molecule has 1 fully saturated rings. The standard InChI is InChI=1S/C18H25BrN2O4/c1-5-24-15(22)18(20-10-13-6-8-14(19)9-7-13)11-21(12-18)16(23)25-17(2,3)4/h6-9,20H,5,10-12H2,1-4H3. The van der Waals surface area contributed by atoms with Crippen molar-refractivity contribution in [3.8, 4) is 0 Å². The second-order valence-corrected chi connectivity index (χ2v) is 8.03. The van der Waals surface area contributed by atoms with Gasteiger partial charge in [-0.1, -0.05) is 28.1 Å². The summed E-state index contributed by atoms with van der Waals surface area (Å²) in [6.45, 7) is 8.49. The highest BCUT2D eigenvalue weighted by Gasteiger charge is 2.53. The highest BCUT2D eigenvalue weighted by atomic mass is 79.9. The summed E-state index contributed by atoms with van der Waals surface area (Å²) in [5.41, 5.74) is -0.410. The average Bonchev–Trinajstić information content (AvgIpc) is 2.46. The molecule has 2 rings (SSSR count). The number of ether oxygens (including phenoxy) is 2. The molecular weight excluding hydrogens is 388 g/mol. The van der Waals surface area contributed by atoms with E-state index >= 15 is 0 Å². The SMILES string of the molecule is CCOC(=O)C1(NCc2ccc(Br)cc2)CN(C(=O)OC(C)(C)C)C1. The van der Waals surface area contributed by atoms with Crippen LogP contribution in [0.2, 0.25) is 0 Å². The van der Waals surface area contributed by atoms with Crippen molar-refractivity contribution < 1.29 is 19.1 Å². The summed E-state index contributed by atoms with van der Waals surface area (Å²) in [4.78, 5) is 26.1. The molecule has 0 atom stereocenters. The monoisotopic (exact) mass is 412 g/mol. The fraction of sp³-hybridized carbons (Fsp3) is 0.556. The molecule has 1 heterocycles. The molecule has 0 spiro atoms. The second kappa shape index (κ2) is 7.74. The minimum Gasteiger partial charge on any atom is -0.465 e.